The van der Waals surface area contributed by atoms with Crippen molar-refractivity contribution in [2.45, 2.75) is 51.9 Å². The highest BCUT2D eigenvalue weighted by Gasteiger charge is 2.36. The Labute approximate surface area is 369 Å². The summed E-state index contributed by atoms with van der Waals surface area (Å²) in [5, 5.41) is 2.47. The zero-order valence-electron chi connectivity index (χ0n) is 36.2. The number of rotatable bonds is 9. The Morgan fingerprint density at radius 1 is 0.476 bits per heavy atom. The lowest BCUT2D eigenvalue weighted by Gasteiger charge is -2.23. The second-order valence-electron chi connectivity index (χ2n) is 17.6. The third-order valence-corrected chi connectivity index (χ3v) is 13.4. The standard InChI is InChI=1S/C59H48N4/c1-5-39(35-43-20-9-10-23-46(43)50-37-51-47-24-11-14-27-52(47)59(3,4)53(51)34-38(50)2)56-60-57(42-32-30-41(31-33-42)40-18-7-6-8-19-40)62-58(61-56)44-21-17-22-45(36-44)63-54-28-15-12-25-48(54)49-26-13-16-29-55(49)63/h6-34,36-37,39H,5,35H2,1-4H3. The Morgan fingerprint density at radius 2 is 1.06 bits per heavy atom. The SMILES string of the molecule is CCC(Cc1ccccc1-c1cc2c(cc1C)C(C)(C)c1ccccc1-2)c1nc(-c2ccc(-c3ccccc3)cc2)nc(-c2cccc(-n3c4ccccc4c4ccccc43)c2)n1. The summed E-state index contributed by atoms with van der Waals surface area (Å²) in [7, 11) is 0. The maximum atomic E-state index is 5.39. The topological polar surface area (TPSA) is 43.6 Å². The van der Waals surface area contributed by atoms with Crippen molar-refractivity contribution >= 4 is 21.8 Å². The molecule has 0 fully saturated rings. The number of para-hydroxylation sites is 2. The summed E-state index contributed by atoms with van der Waals surface area (Å²) in [5.74, 6) is 2.21. The molecule has 10 aromatic rings. The molecule has 0 radical (unpaired) electrons. The molecule has 2 heterocycles. The molecule has 2 aromatic heterocycles. The average molecular weight is 813 g/mol. The molecule has 1 atom stereocenters. The van der Waals surface area contributed by atoms with Gasteiger partial charge in [-0.1, -0.05) is 178 Å². The molecule has 0 spiro atoms. The molecule has 0 aliphatic heterocycles. The van der Waals surface area contributed by atoms with Crippen LogP contribution in [0.3, 0.4) is 0 Å². The van der Waals surface area contributed by atoms with Crippen molar-refractivity contribution < 1.29 is 0 Å². The lowest BCUT2D eigenvalue weighted by Crippen LogP contribution is -2.15. The monoisotopic (exact) mass is 812 g/mol. The van der Waals surface area contributed by atoms with E-state index in [0.29, 0.717) is 11.6 Å². The molecular weight excluding hydrogens is 765 g/mol. The predicted molar refractivity (Wildman–Crippen MR) is 261 cm³/mol. The number of hydrogen-bond donors (Lipinski definition) is 0. The summed E-state index contributed by atoms with van der Waals surface area (Å²) in [4.78, 5) is 16.0. The van der Waals surface area contributed by atoms with E-state index in [1.54, 1.807) is 0 Å². The predicted octanol–water partition coefficient (Wildman–Crippen LogP) is 15.0. The molecule has 1 unspecified atom stereocenters. The van der Waals surface area contributed by atoms with Crippen molar-refractivity contribution in [3.8, 4) is 61.8 Å². The Balaban J connectivity index is 1.02. The molecule has 0 saturated carbocycles. The number of benzene rings is 8. The van der Waals surface area contributed by atoms with E-state index in [4.69, 9.17) is 15.0 Å². The molecule has 304 valence electrons. The van der Waals surface area contributed by atoms with Gasteiger partial charge in [0.05, 0.1) is 11.0 Å². The number of fused-ring (bicyclic) bond motifs is 6. The third kappa shape index (κ3) is 6.65. The van der Waals surface area contributed by atoms with Gasteiger partial charge in [0.2, 0.25) is 0 Å². The van der Waals surface area contributed by atoms with E-state index < -0.39 is 0 Å². The molecule has 0 N–H and O–H groups in total. The normalized spacial score (nSPS) is 13.3. The molecule has 1 aliphatic carbocycles. The molecular formula is C59H48N4. The first-order valence-electron chi connectivity index (χ1n) is 22.2. The minimum Gasteiger partial charge on any atom is -0.309 e. The first-order valence-corrected chi connectivity index (χ1v) is 22.2. The van der Waals surface area contributed by atoms with Crippen LogP contribution in [-0.2, 0) is 11.8 Å². The average Bonchev–Trinajstić information content (AvgIpc) is 3.78. The fraction of sp³-hybridized carbons (Fsp3) is 0.136. The van der Waals surface area contributed by atoms with Gasteiger partial charge < -0.3 is 4.57 Å². The van der Waals surface area contributed by atoms with Gasteiger partial charge >= 0.3 is 0 Å². The van der Waals surface area contributed by atoms with Crippen LogP contribution in [0.5, 0.6) is 0 Å². The Kier molecular flexibility index (Phi) is 9.46. The molecule has 0 bridgehead atoms. The first-order chi connectivity index (χ1) is 30.9. The molecule has 4 heteroatoms. The van der Waals surface area contributed by atoms with Crippen LogP contribution in [0.4, 0.5) is 0 Å². The van der Waals surface area contributed by atoms with Crippen LogP contribution in [-0.4, -0.2) is 19.5 Å². The fourth-order valence-electron chi connectivity index (χ4n) is 10.1. The quantitative estimate of drug-likeness (QED) is 0.146. The van der Waals surface area contributed by atoms with Crippen LogP contribution in [0.2, 0.25) is 0 Å². The van der Waals surface area contributed by atoms with Crippen LogP contribution < -0.4 is 0 Å². The molecule has 0 amide bonds. The Hall–Kier alpha value is -7.43. The van der Waals surface area contributed by atoms with Gasteiger partial charge in [-0.15, -0.1) is 0 Å². The minimum atomic E-state index is -0.0407. The van der Waals surface area contributed by atoms with Crippen LogP contribution in [0.25, 0.3) is 83.6 Å². The highest BCUT2D eigenvalue weighted by atomic mass is 15.0. The highest BCUT2D eigenvalue weighted by Crippen LogP contribution is 2.50. The van der Waals surface area contributed by atoms with Gasteiger partial charge in [-0.05, 0) is 106 Å². The van der Waals surface area contributed by atoms with Crippen LogP contribution in [0.1, 0.15) is 61.2 Å². The molecule has 4 nitrogen and oxygen atoms in total. The number of nitrogens with zero attached hydrogens (tertiary/aromatic N) is 4. The summed E-state index contributed by atoms with van der Waals surface area (Å²) in [6.45, 7) is 9.23. The molecule has 11 rings (SSSR count). The fourth-order valence-corrected chi connectivity index (χ4v) is 10.1. The van der Waals surface area contributed by atoms with Crippen molar-refractivity contribution in [3.05, 3.63) is 216 Å². The van der Waals surface area contributed by atoms with Gasteiger partial charge in [0.15, 0.2) is 11.6 Å². The summed E-state index contributed by atoms with van der Waals surface area (Å²) in [5.41, 5.74) is 18.2. The minimum absolute atomic E-state index is 0.0407. The lowest BCUT2D eigenvalue weighted by molar-refractivity contribution is 0.616. The lowest BCUT2D eigenvalue weighted by atomic mass is 9.81. The molecule has 8 aromatic carbocycles. The van der Waals surface area contributed by atoms with E-state index in [2.05, 4.69) is 220 Å². The number of aromatic nitrogens is 4. The van der Waals surface area contributed by atoms with Gasteiger partial charge in [-0.3, -0.25) is 0 Å². The maximum Gasteiger partial charge on any atom is 0.163 e. The summed E-state index contributed by atoms with van der Waals surface area (Å²) in [6.07, 6.45) is 1.67. The highest BCUT2D eigenvalue weighted by molar-refractivity contribution is 6.09. The van der Waals surface area contributed by atoms with Crippen molar-refractivity contribution in [1.29, 1.82) is 0 Å². The van der Waals surface area contributed by atoms with Crippen molar-refractivity contribution in [2.75, 3.05) is 0 Å². The Morgan fingerprint density at radius 3 is 1.79 bits per heavy atom. The number of hydrogen-bond acceptors (Lipinski definition) is 3. The molecule has 0 saturated heterocycles. The van der Waals surface area contributed by atoms with Gasteiger partial charge in [0.1, 0.15) is 5.82 Å². The van der Waals surface area contributed by atoms with Crippen LogP contribution in [0.15, 0.2) is 188 Å². The van der Waals surface area contributed by atoms with Crippen molar-refractivity contribution in [2.24, 2.45) is 0 Å². The van der Waals surface area contributed by atoms with E-state index >= 15 is 0 Å². The molecule has 63 heavy (non-hydrogen) atoms. The first kappa shape index (κ1) is 38.5. The maximum absolute atomic E-state index is 5.39. The van der Waals surface area contributed by atoms with Crippen molar-refractivity contribution in [1.82, 2.24) is 19.5 Å². The summed E-state index contributed by atoms with van der Waals surface area (Å²) in [6, 6.07) is 67.8. The van der Waals surface area contributed by atoms with Crippen molar-refractivity contribution in [3.63, 3.8) is 0 Å². The second-order valence-corrected chi connectivity index (χ2v) is 17.6. The van der Waals surface area contributed by atoms with E-state index in [9.17, 15) is 0 Å². The largest absolute Gasteiger partial charge is 0.309 e. The molecule has 1 aliphatic rings. The number of aryl methyl sites for hydroxylation is 1. The van der Waals surface area contributed by atoms with Gasteiger partial charge in [0.25, 0.3) is 0 Å². The van der Waals surface area contributed by atoms with Crippen LogP contribution >= 0.6 is 0 Å². The van der Waals surface area contributed by atoms with Crippen LogP contribution in [0, 0.1) is 6.92 Å². The smallest absolute Gasteiger partial charge is 0.163 e. The van der Waals surface area contributed by atoms with E-state index in [1.807, 2.05) is 0 Å². The summed E-state index contributed by atoms with van der Waals surface area (Å²) >= 11 is 0. The zero-order valence-corrected chi connectivity index (χ0v) is 36.2. The van der Waals surface area contributed by atoms with Gasteiger partial charge in [0, 0.05) is 38.9 Å². The van der Waals surface area contributed by atoms with E-state index in [0.717, 1.165) is 41.0 Å². The van der Waals surface area contributed by atoms with Gasteiger partial charge in [-0.2, -0.15) is 0 Å². The van der Waals surface area contributed by atoms with E-state index in [1.165, 1.54) is 71.9 Å². The van der Waals surface area contributed by atoms with E-state index in [-0.39, 0.29) is 11.3 Å². The van der Waals surface area contributed by atoms with Gasteiger partial charge in [-0.25, -0.2) is 15.0 Å². The third-order valence-electron chi connectivity index (χ3n) is 13.4. The Bertz CT molecular complexity index is 3290. The second kappa shape index (κ2) is 15.5. The summed E-state index contributed by atoms with van der Waals surface area (Å²) < 4.78 is 2.35. The zero-order chi connectivity index (χ0) is 42.7.